The van der Waals surface area contributed by atoms with Gasteiger partial charge in [0.15, 0.2) is 6.61 Å². The molecule has 0 fully saturated rings. The zero-order chi connectivity index (χ0) is 27.0. The topological polar surface area (TPSA) is 92.8 Å². The van der Waals surface area contributed by atoms with Crippen molar-refractivity contribution in [3.05, 3.63) is 88.4 Å². The van der Waals surface area contributed by atoms with E-state index in [2.05, 4.69) is 0 Å². The number of anilines is 2. The minimum Gasteiger partial charge on any atom is -0.452 e. The van der Waals surface area contributed by atoms with Crippen LogP contribution in [-0.4, -0.2) is 32.9 Å². The lowest BCUT2D eigenvalue weighted by Crippen LogP contribution is -2.35. The Balaban J connectivity index is 1.47. The number of ether oxygens (including phenoxy) is 1. The Morgan fingerprint density at radius 1 is 1.08 bits per heavy atom. The van der Waals surface area contributed by atoms with E-state index in [0.717, 1.165) is 17.7 Å². The molecule has 1 atom stereocenters. The number of para-hydroxylation sites is 1. The van der Waals surface area contributed by atoms with Gasteiger partial charge in [-0.25, -0.2) is 13.2 Å². The Morgan fingerprint density at radius 2 is 1.81 bits per heavy atom. The first-order valence-corrected chi connectivity index (χ1v) is 12.8. The molecule has 0 unspecified atom stereocenters. The van der Waals surface area contributed by atoms with Crippen molar-refractivity contribution in [2.45, 2.75) is 30.5 Å². The van der Waals surface area contributed by atoms with Gasteiger partial charge >= 0.3 is 12.1 Å². The number of fused-ring (bicyclic) bond motifs is 1. The van der Waals surface area contributed by atoms with E-state index in [1.165, 1.54) is 28.6 Å². The van der Waals surface area contributed by atoms with Gasteiger partial charge in [0.2, 0.25) is 0 Å². The molecule has 3 aromatic carbocycles. The maximum absolute atomic E-state index is 13.4. The summed E-state index contributed by atoms with van der Waals surface area (Å²) in [5, 5.41) is 1.87. The number of halogens is 4. The van der Waals surface area contributed by atoms with Crippen LogP contribution in [0.3, 0.4) is 0 Å². The van der Waals surface area contributed by atoms with Crippen LogP contribution in [0.2, 0.25) is 5.02 Å². The van der Waals surface area contributed by atoms with E-state index in [1.54, 1.807) is 19.1 Å². The molecule has 0 aromatic heterocycles. The van der Waals surface area contributed by atoms with Gasteiger partial charge in [-0.05, 0) is 61.4 Å². The maximum Gasteiger partial charge on any atom is 0.418 e. The molecule has 0 bridgehead atoms. The molecule has 1 aliphatic heterocycles. The third-order valence-electron chi connectivity index (χ3n) is 5.67. The first-order valence-electron chi connectivity index (χ1n) is 10.9. The molecule has 4 rings (SSSR count). The summed E-state index contributed by atoms with van der Waals surface area (Å²) in [5.74, 6) is -2.04. The normalized spacial score (nSPS) is 15.3. The number of benzene rings is 3. The number of carbonyl (C=O) groups excluding carboxylic acids is 2. The van der Waals surface area contributed by atoms with Crippen LogP contribution in [0.1, 0.15) is 28.4 Å². The van der Waals surface area contributed by atoms with E-state index in [1.807, 2.05) is 17.4 Å². The lowest BCUT2D eigenvalue weighted by Gasteiger charge is -2.24. The van der Waals surface area contributed by atoms with Crippen molar-refractivity contribution in [3.63, 3.8) is 0 Å². The SMILES string of the molecule is C[C@H]1Cc2ccccc2N1S(=O)(=O)c1cccc(C(=O)OCC(=O)Nc2ccc(Cl)cc2C(F)(F)F)c1. The van der Waals surface area contributed by atoms with Gasteiger partial charge in [0.05, 0.1) is 27.4 Å². The molecule has 0 aliphatic carbocycles. The molecule has 7 nitrogen and oxygen atoms in total. The molecule has 12 heteroatoms. The monoisotopic (exact) mass is 552 g/mol. The van der Waals surface area contributed by atoms with E-state index in [9.17, 15) is 31.2 Å². The summed E-state index contributed by atoms with van der Waals surface area (Å²) >= 11 is 5.62. The molecular formula is C25H20ClF3N2O5S. The van der Waals surface area contributed by atoms with Crippen LogP contribution in [0.25, 0.3) is 0 Å². The van der Waals surface area contributed by atoms with Crippen LogP contribution in [0.15, 0.2) is 71.6 Å². The predicted molar refractivity (Wildman–Crippen MR) is 131 cm³/mol. The van der Waals surface area contributed by atoms with Gasteiger partial charge in [-0.1, -0.05) is 35.9 Å². The Labute approximate surface area is 215 Å². The fraction of sp³-hybridized carbons (Fsp3) is 0.200. The molecule has 0 radical (unpaired) electrons. The van der Waals surface area contributed by atoms with Gasteiger partial charge in [-0.3, -0.25) is 9.10 Å². The Hall–Kier alpha value is -3.57. The summed E-state index contributed by atoms with van der Waals surface area (Å²) in [6.07, 6.45) is -4.24. The van der Waals surface area contributed by atoms with Crippen LogP contribution < -0.4 is 9.62 Å². The van der Waals surface area contributed by atoms with Crippen molar-refractivity contribution in [1.29, 1.82) is 0 Å². The molecule has 1 amide bonds. The fourth-order valence-corrected chi connectivity index (χ4v) is 5.97. The Bertz CT molecular complexity index is 1480. The van der Waals surface area contributed by atoms with Crippen LogP contribution in [0.5, 0.6) is 0 Å². The predicted octanol–water partition coefficient (Wildman–Crippen LogP) is 5.29. The second-order valence-electron chi connectivity index (χ2n) is 8.32. The van der Waals surface area contributed by atoms with E-state index in [0.29, 0.717) is 18.2 Å². The van der Waals surface area contributed by atoms with Crippen molar-refractivity contribution in [2.24, 2.45) is 0 Å². The number of hydrogen-bond acceptors (Lipinski definition) is 5. The maximum atomic E-state index is 13.4. The summed E-state index contributed by atoms with van der Waals surface area (Å²) in [6.45, 7) is 0.880. The van der Waals surface area contributed by atoms with E-state index in [4.69, 9.17) is 16.3 Å². The number of amides is 1. The highest BCUT2D eigenvalue weighted by molar-refractivity contribution is 7.92. The minimum atomic E-state index is -4.77. The van der Waals surface area contributed by atoms with E-state index < -0.39 is 45.9 Å². The van der Waals surface area contributed by atoms with Crippen molar-refractivity contribution in [1.82, 2.24) is 0 Å². The quantitative estimate of drug-likeness (QED) is 0.419. The summed E-state index contributed by atoms with van der Waals surface area (Å²) in [5.41, 5.74) is -0.410. The summed E-state index contributed by atoms with van der Waals surface area (Å²) in [6, 6.07) is 14.7. The van der Waals surface area contributed by atoms with Crippen LogP contribution in [0, 0.1) is 0 Å². The molecule has 3 aromatic rings. The molecule has 0 spiro atoms. The molecule has 37 heavy (non-hydrogen) atoms. The number of rotatable bonds is 6. The lowest BCUT2D eigenvalue weighted by atomic mass is 10.1. The summed E-state index contributed by atoms with van der Waals surface area (Å²) < 4.78 is 72.7. The molecule has 1 N–H and O–H groups in total. The fourth-order valence-electron chi connectivity index (χ4n) is 4.06. The highest BCUT2D eigenvalue weighted by Gasteiger charge is 2.36. The Morgan fingerprint density at radius 3 is 2.54 bits per heavy atom. The second-order valence-corrected chi connectivity index (χ2v) is 10.6. The largest absolute Gasteiger partial charge is 0.452 e. The number of nitrogens with one attached hydrogen (secondary N) is 1. The van der Waals surface area contributed by atoms with Gasteiger partial charge in [0, 0.05) is 11.1 Å². The Kier molecular flexibility index (Phi) is 7.20. The highest BCUT2D eigenvalue weighted by atomic mass is 35.5. The number of esters is 1. The van der Waals surface area contributed by atoms with Crippen LogP contribution in [0.4, 0.5) is 24.5 Å². The number of sulfonamides is 1. The van der Waals surface area contributed by atoms with Gasteiger partial charge < -0.3 is 10.1 Å². The minimum absolute atomic E-state index is 0.142. The van der Waals surface area contributed by atoms with Gasteiger partial charge in [0.25, 0.3) is 15.9 Å². The van der Waals surface area contributed by atoms with Crippen LogP contribution >= 0.6 is 11.6 Å². The van der Waals surface area contributed by atoms with Crippen molar-refractivity contribution >= 4 is 44.9 Å². The smallest absolute Gasteiger partial charge is 0.418 e. The molecule has 1 heterocycles. The van der Waals surface area contributed by atoms with Gasteiger partial charge in [-0.15, -0.1) is 0 Å². The number of alkyl halides is 3. The second kappa shape index (κ2) is 10.1. The first kappa shape index (κ1) is 26.5. The lowest BCUT2D eigenvalue weighted by molar-refractivity contribution is -0.137. The number of nitrogens with zero attached hydrogens (tertiary/aromatic N) is 1. The third kappa shape index (κ3) is 5.57. The zero-order valence-corrected chi connectivity index (χ0v) is 20.8. The average molecular weight is 553 g/mol. The van der Waals surface area contributed by atoms with E-state index >= 15 is 0 Å². The standard InChI is InChI=1S/C25H20ClF3N2O5S/c1-15-11-16-5-2-3-8-22(16)31(15)37(34,35)19-7-4-6-17(12-19)24(33)36-14-23(32)30-21-10-9-18(26)13-20(21)25(27,28)29/h2-10,12-13,15H,11,14H2,1H3,(H,30,32)/t15-/m0/s1. The molecule has 194 valence electrons. The zero-order valence-electron chi connectivity index (χ0n) is 19.3. The van der Waals surface area contributed by atoms with Crippen molar-refractivity contribution in [3.8, 4) is 0 Å². The molecular weight excluding hydrogens is 533 g/mol. The molecule has 0 saturated heterocycles. The van der Waals surface area contributed by atoms with Crippen LogP contribution in [-0.2, 0) is 32.2 Å². The highest BCUT2D eigenvalue weighted by Crippen LogP contribution is 2.37. The third-order valence-corrected chi connectivity index (χ3v) is 7.83. The molecule has 0 saturated carbocycles. The summed E-state index contributed by atoms with van der Waals surface area (Å²) in [4.78, 5) is 24.6. The first-order chi connectivity index (χ1) is 17.4. The average Bonchev–Trinajstić information content (AvgIpc) is 3.19. The van der Waals surface area contributed by atoms with Gasteiger partial charge in [0.1, 0.15) is 0 Å². The van der Waals surface area contributed by atoms with Crippen molar-refractivity contribution in [2.75, 3.05) is 16.2 Å². The van der Waals surface area contributed by atoms with Crippen molar-refractivity contribution < 1.29 is 35.9 Å². The summed E-state index contributed by atoms with van der Waals surface area (Å²) in [7, 11) is -4.02. The number of carbonyl (C=O) groups is 2. The number of hydrogen-bond donors (Lipinski definition) is 1. The van der Waals surface area contributed by atoms with Gasteiger partial charge in [-0.2, -0.15) is 13.2 Å². The molecule has 1 aliphatic rings. The van der Waals surface area contributed by atoms with E-state index in [-0.39, 0.29) is 21.5 Å².